The third-order valence-corrected chi connectivity index (χ3v) is 5.28. The highest BCUT2D eigenvalue weighted by molar-refractivity contribution is 6.85. The van der Waals surface area contributed by atoms with Crippen molar-refractivity contribution in [3.05, 3.63) is 90.5 Å². The van der Waals surface area contributed by atoms with E-state index in [9.17, 15) is 0 Å². The van der Waals surface area contributed by atoms with Gasteiger partial charge in [0.1, 0.15) is 5.82 Å². The number of benzene rings is 2. The van der Waals surface area contributed by atoms with Crippen molar-refractivity contribution in [3.8, 4) is 0 Å². The van der Waals surface area contributed by atoms with Crippen molar-refractivity contribution < 1.29 is 0 Å². The van der Waals surface area contributed by atoms with Gasteiger partial charge in [-0.25, -0.2) is 4.98 Å². The van der Waals surface area contributed by atoms with Gasteiger partial charge in [-0.1, -0.05) is 110 Å². The van der Waals surface area contributed by atoms with Gasteiger partial charge in [0, 0.05) is 24.9 Å². The first-order valence-corrected chi connectivity index (χ1v) is 11.3. The molecular weight excluding hydrogens is 363 g/mol. The molecule has 0 aliphatic carbocycles. The van der Waals surface area contributed by atoms with Gasteiger partial charge in [0.2, 0.25) is 6.71 Å². The molecule has 1 aromatic heterocycles. The van der Waals surface area contributed by atoms with Gasteiger partial charge in [-0.15, -0.1) is 0 Å². The van der Waals surface area contributed by atoms with Crippen molar-refractivity contribution >= 4 is 17.6 Å². The highest BCUT2D eigenvalue weighted by atomic mass is 15.1. The molecule has 0 amide bonds. The van der Waals surface area contributed by atoms with Crippen molar-refractivity contribution in [3.63, 3.8) is 0 Å². The number of aromatic nitrogens is 2. The molecule has 0 unspecified atom stereocenters. The van der Waals surface area contributed by atoms with Crippen LogP contribution in [0.3, 0.4) is 0 Å². The highest BCUT2D eigenvalue weighted by Crippen LogP contribution is 2.10. The van der Waals surface area contributed by atoms with Gasteiger partial charge in [0.05, 0.1) is 0 Å². The Hall–Kier alpha value is -2.55. The molecule has 3 rings (SSSR count). The fraction of sp³-hybridized carbons (Fsp3) is 0.370. The molecule has 2 aromatic carbocycles. The van der Waals surface area contributed by atoms with E-state index in [-0.39, 0.29) is 0 Å². The largest absolute Gasteiger partial charge is 0.335 e. The van der Waals surface area contributed by atoms with Crippen LogP contribution in [-0.4, -0.2) is 16.3 Å². The summed E-state index contributed by atoms with van der Waals surface area (Å²) in [7, 11) is 0. The highest BCUT2D eigenvalue weighted by Gasteiger charge is 2.17. The van der Waals surface area contributed by atoms with Crippen molar-refractivity contribution in [2.24, 2.45) is 0 Å². The predicted molar refractivity (Wildman–Crippen MR) is 133 cm³/mol. The third kappa shape index (κ3) is 7.37. The van der Waals surface area contributed by atoms with E-state index in [2.05, 4.69) is 111 Å². The van der Waals surface area contributed by atoms with Crippen LogP contribution in [0.15, 0.2) is 79.1 Å². The fourth-order valence-corrected chi connectivity index (χ4v) is 3.73. The molecule has 0 fully saturated rings. The Bertz CT molecular complexity index is 881. The quantitative estimate of drug-likeness (QED) is 0.336. The monoisotopic (exact) mass is 400 g/mol. The van der Waals surface area contributed by atoms with Crippen LogP contribution < -0.4 is 10.9 Å². The number of aryl methyl sites for hydroxylation is 2. The van der Waals surface area contributed by atoms with Crippen molar-refractivity contribution in [1.29, 1.82) is 0 Å². The molecule has 30 heavy (non-hydrogen) atoms. The van der Waals surface area contributed by atoms with Crippen LogP contribution in [0.1, 0.15) is 57.8 Å². The van der Waals surface area contributed by atoms with E-state index >= 15 is 0 Å². The lowest BCUT2D eigenvalue weighted by Gasteiger charge is -2.14. The topological polar surface area (TPSA) is 17.8 Å². The molecule has 3 aromatic rings. The van der Waals surface area contributed by atoms with Gasteiger partial charge in [0.15, 0.2) is 0 Å². The minimum absolute atomic E-state index is 0.498. The minimum atomic E-state index is 0.498. The summed E-state index contributed by atoms with van der Waals surface area (Å²) in [5, 5.41) is 0. The maximum absolute atomic E-state index is 4.25. The third-order valence-electron chi connectivity index (χ3n) is 5.28. The van der Waals surface area contributed by atoms with Gasteiger partial charge < -0.3 is 4.57 Å². The van der Waals surface area contributed by atoms with Crippen LogP contribution in [0.25, 0.3) is 0 Å². The number of rotatable bonds is 8. The average molecular weight is 400 g/mol. The van der Waals surface area contributed by atoms with Gasteiger partial charge in [0.25, 0.3) is 0 Å². The van der Waals surface area contributed by atoms with Crippen LogP contribution in [0.5, 0.6) is 0 Å². The van der Waals surface area contributed by atoms with E-state index in [1.165, 1.54) is 28.6 Å². The van der Waals surface area contributed by atoms with Gasteiger partial charge in [-0.05, 0) is 26.7 Å². The standard InChI is InChI=1S/C19H23B.C8H14N2/c1-3-4-5-9-15-20(18-12-7-6-8-13-18)19-14-10-11-17(2)16-19;1-4-10-6-5-9-8(10)7(2)3/h4-8,10-14,16H,3,9,15H2,1-2H3;5-7H,4H2,1-3H3. The lowest BCUT2D eigenvalue weighted by atomic mass is 9.38. The first kappa shape index (κ1) is 23.7. The molecule has 0 bridgehead atoms. The van der Waals surface area contributed by atoms with Crippen molar-refractivity contribution in [2.75, 3.05) is 0 Å². The van der Waals surface area contributed by atoms with E-state index in [1.54, 1.807) is 0 Å². The number of imidazole rings is 1. The summed E-state index contributed by atoms with van der Waals surface area (Å²) in [6.07, 6.45) is 11.9. The van der Waals surface area contributed by atoms with Crippen LogP contribution in [0.2, 0.25) is 6.32 Å². The van der Waals surface area contributed by atoms with E-state index < -0.39 is 0 Å². The number of hydrogen-bond donors (Lipinski definition) is 0. The van der Waals surface area contributed by atoms with E-state index in [0.29, 0.717) is 12.6 Å². The lowest BCUT2D eigenvalue weighted by molar-refractivity contribution is 0.652. The normalized spacial score (nSPS) is 10.9. The summed E-state index contributed by atoms with van der Waals surface area (Å²) in [6.45, 7) is 12.3. The number of allylic oxidation sites excluding steroid dienone is 2. The molecule has 3 heteroatoms. The Morgan fingerprint density at radius 1 is 0.967 bits per heavy atom. The number of hydrogen-bond acceptors (Lipinski definition) is 1. The smallest absolute Gasteiger partial charge is 0.209 e. The van der Waals surface area contributed by atoms with Crippen LogP contribution >= 0.6 is 0 Å². The summed E-state index contributed by atoms with van der Waals surface area (Å²) < 4.78 is 2.17. The summed E-state index contributed by atoms with van der Waals surface area (Å²) in [5.74, 6) is 1.72. The maximum atomic E-state index is 4.25. The fourth-order valence-electron chi connectivity index (χ4n) is 3.73. The molecule has 0 N–H and O–H groups in total. The van der Waals surface area contributed by atoms with Crippen LogP contribution in [-0.2, 0) is 6.54 Å². The molecule has 0 spiro atoms. The Morgan fingerprint density at radius 2 is 1.70 bits per heavy atom. The van der Waals surface area contributed by atoms with Crippen LogP contribution in [0, 0.1) is 6.92 Å². The maximum Gasteiger partial charge on any atom is 0.209 e. The molecule has 0 radical (unpaired) electrons. The first-order valence-electron chi connectivity index (χ1n) is 11.3. The zero-order valence-corrected chi connectivity index (χ0v) is 19.4. The molecule has 0 atom stereocenters. The number of nitrogens with zero attached hydrogens (tertiary/aromatic N) is 2. The van der Waals surface area contributed by atoms with Gasteiger partial charge in [-0.3, -0.25) is 0 Å². The van der Waals surface area contributed by atoms with Gasteiger partial charge >= 0.3 is 0 Å². The zero-order valence-electron chi connectivity index (χ0n) is 19.4. The Labute approximate surface area is 184 Å². The Kier molecular flexibility index (Phi) is 10.2. The summed E-state index contributed by atoms with van der Waals surface area (Å²) in [6, 6.07) is 19.8. The van der Waals surface area contributed by atoms with Crippen molar-refractivity contribution in [1.82, 2.24) is 9.55 Å². The van der Waals surface area contributed by atoms with Crippen LogP contribution in [0.4, 0.5) is 0 Å². The second kappa shape index (κ2) is 12.9. The lowest BCUT2D eigenvalue weighted by Crippen LogP contribution is -2.41. The Morgan fingerprint density at radius 3 is 2.30 bits per heavy atom. The van der Waals surface area contributed by atoms with E-state index in [4.69, 9.17) is 0 Å². The average Bonchev–Trinajstić information content (AvgIpc) is 3.24. The molecule has 158 valence electrons. The van der Waals surface area contributed by atoms with Crippen molar-refractivity contribution in [2.45, 2.75) is 66.2 Å². The SMILES string of the molecule is CCC=CCCB(c1ccccc1)c1cccc(C)c1.CCn1ccnc1C(C)C. The predicted octanol–water partition coefficient (Wildman–Crippen LogP) is 5.99. The second-order valence-corrected chi connectivity index (χ2v) is 8.06. The molecule has 0 aliphatic rings. The zero-order chi connectivity index (χ0) is 21.8. The molecule has 2 nitrogen and oxygen atoms in total. The molecule has 0 saturated heterocycles. The summed E-state index contributed by atoms with van der Waals surface area (Å²) >= 11 is 0. The summed E-state index contributed by atoms with van der Waals surface area (Å²) in [4.78, 5) is 4.25. The first-order chi connectivity index (χ1) is 14.6. The van der Waals surface area contributed by atoms with E-state index in [0.717, 1.165) is 19.4 Å². The summed E-state index contributed by atoms with van der Waals surface area (Å²) in [5.41, 5.74) is 4.19. The molecule has 0 saturated carbocycles. The molecule has 0 aliphatic heterocycles. The van der Waals surface area contributed by atoms with E-state index in [1.807, 2.05) is 12.4 Å². The molecule has 1 heterocycles. The Balaban J connectivity index is 0.000000269. The second-order valence-electron chi connectivity index (χ2n) is 8.06. The minimum Gasteiger partial charge on any atom is -0.335 e. The van der Waals surface area contributed by atoms with Gasteiger partial charge in [-0.2, -0.15) is 0 Å². The molecular formula is C27H37BN2.